The van der Waals surface area contributed by atoms with Gasteiger partial charge in [0, 0.05) is 31.6 Å². The Bertz CT molecular complexity index is 425. The van der Waals surface area contributed by atoms with E-state index in [0.717, 1.165) is 0 Å². The molecule has 19 heavy (non-hydrogen) atoms. The molecular weight excluding hydrogens is 314 g/mol. The smallest absolute Gasteiger partial charge is 0.257 e. The summed E-state index contributed by atoms with van der Waals surface area (Å²) in [5.74, 6) is 0.205. The number of nitrogens with zero attached hydrogens (tertiary/aromatic N) is 1. The largest absolute Gasteiger partial charge is 0.507 e. The van der Waals surface area contributed by atoms with Crippen molar-refractivity contribution in [3.63, 3.8) is 0 Å². The zero-order chi connectivity index (χ0) is 14.3. The molecule has 1 N–H and O–H groups in total. The van der Waals surface area contributed by atoms with Gasteiger partial charge in [0.2, 0.25) is 0 Å². The van der Waals surface area contributed by atoms with Crippen molar-refractivity contribution in [1.82, 2.24) is 4.90 Å². The number of carbonyl (C=O) groups excluding carboxylic acids is 1. The highest BCUT2D eigenvalue weighted by atomic mass is 79.9. The molecular formula is C13H18BrNO4. The molecule has 0 heterocycles. The fourth-order valence-electron chi connectivity index (χ4n) is 1.61. The van der Waals surface area contributed by atoms with Crippen molar-refractivity contribution in [1.29, 1.82) is 0 Å². The summed E-state index contributed by atoms with van der Waals surface area (Å²) >= 11 is 3.31. The number of carbonyl (C=O) groups is 1. The number of hydrogen-bond acceptors (Lipinski definition) is 4. The first-order valence-electron chi connectivity index (χ1n) is 5.85. The van der Waals surface area contributed by atoms with Crippen LogP contribution in [-0.4, -0.2) is 55.2 Å². The SMILES string of the molecule is COCCN(CCBr)C(=O)c1ccc(OC)cc1O. The van der Waals surface area contributed by atoms with E-state index in [4.69, 9.17) is 9.47 Å². The van der Waals surface area contributed by atoms with Gasteiger partial charge >= 0.3 is 0 Å². The molecule has 0 bridgehead atoms. The number of alkyl halides is 1. The number of phenolic OH excluding ortho intramolecular Hbond substituents is 1. The van der Waals surface area contributed by atoms with Crippen LogP contribution in [0, 0.1) is 0 Å². The average Bonchev–Trinajstić information content (AvgIpc) is 2.42. The lowest BCUT2D eigenvalue weighted by Gasteiger charge is -2.22. The monoisotopic (exact) mass is 331 g/mol. The molecule has 0 fully saturated rings. The number of aromatic hydroxyl groups is 1. The molecule has 5 nitrogen and oxygen atoms in total. The summed E-state index contributed by atoms with van der Waals surface area (Å²) in [7, 11) is 3.09. The Morgan fingerprint density at radius 1 is 1.37 bits per heavy atom. The summed E-state index contributed by atoms with van der Waals surface area (Å²) in [4.78, 5) is 13.9. The summed E-state index contributed by atoms with van der Waals surface area (Å²) < 4.78 is 9.97. The first-order chi connectivity index (χ1) is 9.13. The van der Waals surface area contributed by atoms with Crippen molar-refractivity contribution in [3.05, 3.63) is 23.8 Å². The van der Waals surface area contributed by atoms with Gasteiger partial charge in [-0.15, -0.1) is 0 Å². The van der Waals surface area contributed by atoms with Crippen molar-refractivity contribution >= 4 is 21.8 Å². The van der Waals surface area contributed by atoms with E-state index in [1.165, 1.54) is 13.2 Å². The van der Waals surface area contributed by atoms with Crippen LogP contribution in [0.4, 0.5) is 0 Å². The first kappa shape index (κ1) is 15.8. The second-order valence-corrected chi connectivity index (χ2v) is 4.65. The lowest BCUT2D eigenvalue weighted by molar-refractivity contribution is 0.0706. The number of hydrogen-bond donors (Lipinski definition) is 1. The molecule has 6 heteroatoms. The summed E-state index contributed by atoms with van der Waals surface area (Å²) in [6, 6.07) is 4.63. The molecule has 0 saturated heterocycles. The highest BCUT2D eigenvalue weighted by Gasteiger charge is 2.18. The van der Waals surface area contributed by atoms with E-state index in [9.17, 15) is 9.90 Å². The molecule has 0 aliphatic rings. The van der Waals surface area contributed by atoms with Crippen LogP contribution < -0.4 is 4.74 Å². The molecule has 1 aromatic rings. The molecule has 1 rings (SSSR count). The fourth-order valence-corrected chi connectivity index (χ4v) is 2.04. The average molecular weight is 332 g/mol. The number of phenols is 1. The predicted molar refractivity (Wildman–Crippen MR) is 76.2 cm³/mol. The van der Waals surface area contributed by atoms with Gasteiger partial charge in [-0.1, -0.05) is 15.9 Å². The number of amides is 1. The lowest BCUT2D eigenvalue weighted by atomic mass is 10.1. The van der Waals surface area contributed by atoms with Crippen molar-refractivity contribution in [2.75, 3.05) is 39.2 Å². The van der Waals surface area contributed by atoms with Crippen molar-refractivity contribution < 1.29 is 19.4 Å². The van der Waals surface area contributed by atoms with Gasteiger partial charge in [0.25, 0.3) is 5.91 Å². The van der Waals surface area contributed by atoms with Crippen LogP contribution in [0.2, 0.25) is 0 Å². The normalized spacial score (nSPS) is 10.3. The maximum absolute atomic E-state index is 12.3. The molecule has 0 aromatic heterocycles. The van der Waals surface area contributed by atoms with Crippen LogP contribution in [0.1, 0.15) is 10.4 Å². The van der Waals surface area contributed by atoms with Gasteiger partial charge in [-0.25, -0.2) is 0 Å². The Morgan fingerprint density at radius 3 is 2.63 bits per heavy atom. The highest BCUT2D eigenvalue weighted by Crippen LogP contribution is 2.24. The third-order valence-electron chi connectivity index (χ3n) is 2.64. The summed E-state index contributed by atoms with van der Waals surface area (Å²) in [5, 5.41) is 10.5. The Balaban J connectivity index is 2.89. The molecule has 0 saturated carbocycles. The van der Waals surface area contributed by atoms with Gasteiger partial charge in [0.05, 0.1) is 19.3 Å². The summed E-state index contributed by atoms with van der Waals surface area (Å²) in [6.45, 7) is 1.48. The third kappa shape index (κ3) is 4.40. The Kier molecular flexibility index (Phi) is 6.66. The maximum atomic E-state index is 12.3. The standard InChI is InChI=1S/C13H18BrNO4/c1-18-8-7-15(6-5-14)13(17)11-4-3-10(19-2)9-12(11)16/h3-4,9,16H,5-8H2,1-2H3. The van der Waals surface area contributed by atoms with Crippen molar-refractivity contribution in [3.8, 4) is 11.5 Å². The number of methoxy groups -OCH3 is 2. The zero-order valence-electron chi connectivity index (χ0n) is 11.1. The number of ether oxygens (including phenoxy) is 2. The number of rotatable bonds is 7. The van der Waals surface area contributed by atoms with Crippen molar-refractivity contribution in [2.45, 2.75) is 0 Å². The summed E-state index contributed by atoms with van der Waals surface area (Å²) in [6.07, 6.45) is 0. The van der Waals surface area contributed by atoms with Crippen LogP contribution in [0.5, 0.6) is 11.5 Å². The van der Waals surface area contributed by atoms with E-state index >= 15 is 0 Å². The van der Waals surface area contributed by atoms with Crippen LogP contribution in [-0.2, 0) is 4.74 Å². The molecule has 0 unspecified atom stereocenters. The Labute approximate surface area is 121 Å². The quantitative estimate of drug-likeness (QED) is 0.775. The minimum atomic E-state index is -0.225. The molecule has 0 aliphatic carbocycles. The molecule has 106 valence electrons. The van der Waals surface area contributed by atoms with E-state index in [1.54, 1.807) is 24.1 Å². The Hall–Kier alpha value is -1.27. The first-order valence-corrected chi connectivity index (χ1v) is 6.97. The maximum Gasteiger partial charge on any atom is 0.257 e. The molecule has 0 radical (unpaired) electrons. The van der Waals surface area contributed by atoms with E-state index < -0.39 is 0 Å². The molecule has 0 spiro atoms. The van der Waals surface area contributed by atoms with Gasteiger partial charge in [-0.05, 0) is 12.1 Å². The molecule has 0 aliphatic heterocycles. The van der Waals surface area contributed by atoms with E-state index in [2.05, 4.69) is 15.9 Å². The lowest BCUT2D eigenvalue weighted by Crippen LogP contribution is -2.35. The molecule has 1 aromatic carbocycles. The van der Waals surface area contributed by atoms with Gasteiger partial charge < -0.3 is 19.5 Å². The minimum Gasteiger partial charge on any atom is -0.507 e. The fraction of sp³-hybridized carbons (Fsp3) is 0.462. The number of benzene rings is 1. The number of halogens is 1. The predicted octanol–water partition coefficient (Wildman–Crippen LogP) is 1.88. The van der Waals surface area contributed by atoms with Crippen LogP contribution in [0.25, 0.3) is 0 Å². The Morgan fingerprint density at radius 2 is 2.11 bits per heavy atom. The second-order valence-electron chi connectivity index (χ2n) is 3.86. The molecule has 1 amide bonds. The van der Waals surface area contributed by atoms with E-state index in [1.807, 2.05) is 0 Å². The van der Waals surface area contributed by atoms with Crippen LogP contribution in [0.15, 0.2) is 18.2 Å². The zero-order valence-corrected chi connectivity index (χ0v) is 12.6. The topological polar surface area (TPSA) is 59.0 Å². The van der Waals surface area contributed by atoms with Crippen LogP contribution >= 0.6 is 15.9 Å². The summed E-state index contributed by atoms with van der Waals surface area (Å²) in [5.41, 5.74) is 0.262. The van der Waals surface area contributed by atoms with E-state index in [0.29, 0.717) is 30.8 Å². The van der Waals surface area contributed by atoms with Crippen molar-refractivity contribution in [2.24, 2.45) is 0 Å². The van der Waals surface area contributed by atoms with Gasteiger partial charge in [0.15, 0.2) is 0 Å². The minimum absolute atomic E-state index is 0.0821. The van der Waals surface area contributed by atoms with Gasteiger partial charge in [-0.2, -0.15) is 0 Å². The van der Waals surface area contributed by atoms with Crippen LogP contribution in [0.3, 0.4) is 0 Å². The molecule has 0 atom stereocenters. The van der Waals surface area contributed by atoms with E-state index in [-0.39, 0.29) is 17.2 Å². The van der Waals surface area contributed by atoms with Gasteiger partial charge in [0.1, 0.15) is 11.5 Å². The second kappa shape index (κ2) is 8.01. The van der Waals surface area contributed by atoms with Gasteiger partial charge in [-0.3, -0.25) is 4.79 Å². The highest BCUT2D eigenvalue weighted by molar-refractivity contribution is 9.09. The third-order valence-corrected chi connectivity index (χ3v) is 3.00.